The highest BCUT2D eigenvalue weighted by molar-refractivity contribution is 6.74. The molecule has 0 bridgehead atoms. The fourth-order valence-corrected chi connectivity index (χ4v) is 5.93. The fourth-order valence-electron chi connectivity index (χ4n) is 4.87. The molecule has 5 unspecified atom stereocenters. The van der Waals surface area contributed by atoms with E-state index in [0.717, 1.165) is 12.8 Å². The van der Waals surface area contributed by atoms with Crippen molar-refractivity contribution in [1.82, 2.24) is 4.90 Å². The van der Waals surface area contributed by atoms with E-state index in [4.69, 9.17) is 9.16 Å². The predicted octanol–water partition coefficient (Wildman–Crippen LogP) is 6.65. The number of ether oxygens (including phenoxy) is 1. The Morgan fingerprint density at radius 1 is 1.06 bits per heavy atom. The van der Waals surface area contributed by atoms with Gasteiger partial charge in [-0.05, 0) is 81.8 Å². The molecule has 1 saturated heterocycles. The first-order chi connectivity index (χ1) is 14.9. The van der Waals surface area contributed by atoms with Gasteiger partial charge in [-0.25, -0.2) is 4.79 Å². The molecule has 0 aliphatic carbocycles. The highest BCUT2D eigenvalue weighted by atomic mass is 28.4. The Hall–Kier alpha value is -1.08. The van der Waals surface area contributed by atoms with Crippen molar-refractivity contribution in [2.75, 3.05) is 19.7 Å². The van der Waals surface area contributed by atoms with Crippen molar-refractivity contribution in [3.05, 3.63) is 0 Å². The van der Waals surface area contributed by atoms with E-state index in [2.05, 4.69) is 54.6 Å². The van der Waals surface area contributed by atoms with Gasteiger partial charge in [-0.1, -0.05) is 41.5 Å². The lowest BCUT2D eigenvalue weighted by atomic mass is 9.70. The molecule has 1 aliphatic heterocycles. The van der Waals surface area contributed by atoms with E-state index < -0.39 is 25.8 Å². The van der Waals surface area contributed by atoms with Crippen LogP contribution in [0.3, 0.4) is 0 Å². The van der Waals surface area contributed by atoms with Gasteiger partial charge in [-0.2, -0.15) is 0 Å². The molecule has 0 radical (unpaired) electrons. The van der Waals surface area contributed by atoms with Crippen LogP contribution in [-0.4, -0.2) is 55.7 Å². The molecule has 194 valence electrons. The highest BCUT2D eigenvalue weighted by Crippen LogP contribution is 2.40. The summed E-state index contributed by atoms with van der Waals surface area (Å²) in [5, 5.41) is 10.3. The summed E-state index contributed by atoms with van der Waals surface area (Å²) < 4.78 is 12.0. The highest BCUT2D eigenvalue weighted by Gasteiger charge is 2.40. The van der Waals surface area contributed by atoms with Crippen molar-refractivity contribution in [1.29, 1.82) is 0 Å². The lowest BCUT2D eigenvalue weighted by molar-refractivity contribution is -0.146. The Morgan fingerprint density at radius 3 is 2.12 bits per heavy atom. The third-order valence-electron chi connectivity index (χ3n) is 7.61. The number of carbonyl (C=O) groups is 2. The van der Waals surface area contributed by atoms with Crippen LogP contribution < -0.4 is 0 Å². The Labute approximate surface area is 203 Å². The molecule has 1 rings (SSSR count). The van der Waals surface area contributed by atoms with Crippen LogP contribution in [0.5, 0.6) is 0 Å². The van der Waals surface area contributed by atoms with Crippen molar-refractivity contribution in [3.63, 3.8) is 0 Å². The molecule has 0 aromatic rings. The summed E-state index contributed by atoms with van der Waals surface area (Å²) in [6.45, 7) is 24.9. The standard InChI is InChI=1S/C26H51NO5Si/c1-18-16-20(3)22(19(2)12-14-27(17-18)24(30)32-25(4,5)6)21(23(28)29)13-15-31-33(10,11)26(7,8)9/h18-22H,12-17H2,1-11H3,(H,28,29). The van der Waals surface area contributed by atoms with E-state index in [1.165, 1.54) is 0 Å². The molecule has 1 aliphatic rings. The molecule has 0 aromatic heterocycles. The summed E-state index contributed by atoms with van der Waals surface area (Å²) >= 11 is 0. The number of aliphatic carboxylic acids is 1. The van der Waals surface area contributed by atoms with Gasteiger partial charge in [0.15, 0.2) is 8.32 Å². The normalized spacial score (nSPS) is 26.7. The minimum Gasteiger partial charge on any atom is -0.481 e. The SMILES string of the molecule is CC1CC(C)C(C(CCO[Si](C)(C)C(C)(C)C)C(=O)O)C(C)CCN(C(=O)OC(C)(C)C)C1. The van der Waals surface area contributed by atoms with Crippen LogP contribution in [0.25, 0.3) is 0 Å². The van der Waals surface area contributed by atoms with Gasteiger partial charge in [0.25, 0.3) is 0 Å². The number of hydrogen-bond acceptors (Lipinski definition) is 4. The predicted molar refractivity (Wildman–Crippen MR) is 137 cm³/mol. The maximum Gasteiger partial charge on any atom is 0.410 e. The van der Waals surface area contributed by atoms with E-state index in [-0.39, 0.29) is 34.8 Å². The molecular formula is C26H51NO5Si. The lowest BCUT2D eigenvalue weighted by Crippen LogP contribution is -2.42. The third-order valence-corrected chi connectivity index (χ3v) is 12.1. The van der Waals surface area contributed by atoms with E-state index in [1.807, 2.05) is 25.7 Å². The maximum absolute atomic E-state index is 12.8. The Balaban J connectivity index is 3.00. The zero-order chi connectivity index (χ0) is 25.8. The number of nitrogens with zero attached hydrogens (tertiary/aromatic N) is 1. The van der Waals surface area contributed by atoms with Crippen LogP contribution in [-0.2, 0) is 14.0 Å². The van der Waals surface area contributed by atoms with Crippen molar-refractivity contribution < 1.29 is 23.9 Å². The van der Waals surface area contributed by atoms with E-state index in [1.54, 1.807) is 0 Å². The molecule has 0 aromatic carbocycles. The topological polar surface area (TPSA) is 76.1 Å². The van der Waals surface area contributed by atoms with Crippen LogP contribution in [0.15, 0.2) is 0 Å². The summed E-state index contributed by atoms with van der Waals surface area (Å²) in [7, 11) is -1.92. The van der Waals surface area contributed by atoms with Gasteiger partial charge in [0.2, 0.25) is 0 Å². The van der Waals surface area contributed by atoms with Gasteiger partial charge in [0.1, 0.15) is 5.60 Å². The minimum absolute atomic E-state index is 0.0477. The maximum atomic E-state index is 12.8. The van der Waals surface area contributed by atoms with Gasteiger partial charge >= 0.3 is 12.1 Å². The zero-order valence-electron chi connectivity index (χ0n) is 23.2. The van der Waals surface area contributed by atoms with Crippen molar-refractivity contribution >= 4 is 20.4 Å². The zero-order valence-corrected chi connectivity index (χ0v) is 24.2. The van der Waals surface area contributed by atoms with Crippen molar-refractivity contribution in [3.8, 4) is 0 Å². The second-order valence-corrected chi connectivity index (χ2v) is 17.7. The Bertz CT molecular complexity index is 652. The van der Waals surface area contributed by atoms with Crippen LogP contribution in [0.1, 0.15) is 81.6 Å². The molecule has 7 heteroatoms. The number of carboxylic acid groups (broad SMARTS) is 1. The molecule has 1 heterocycles. The number of carboxylic acids is 1. The molecule has 1 N–H and O–H groups in total. The Kier molecular flexibility index (Phi) is 10.5. The van der Waals surface area contributed by atoms with E-state index in [0.29, 0.717) is 26.1 Å². The first-order valence-electron chi connectivity index (χ1n) is 12.7. The van der Waals surface area contributed by atoms with E-state index in [9.17, 15) is 14.7 Å². The number of amides is 1. The summed E-state index contributed by atoms with van der Waals surface area (Å²) in [5.41, 5.74) is -0.529. The molecule has 1 amide bonds. The number of hydrogen-bond donors (Lipinski definition) is 1. The molecule has 0 saturated carbocycles. The molecule has 6 nitrogen and oxygen atoms in total. The minimum atomic E-state index is -1.92. The van der Waals surface area contributed by atoms with Crippen LogP contribution in [0.4, 0.5) is 4.79 Å². The third kappa shape index (κ3) is 9.23. The average molecular weight is 486 g/mol. The largest absolute Gasteiger partial charge is 0.481 e. The lowest BCUT2D eigenvalue weighted by Gasteiger charge is -2.38. The van der Waals surface area contributed by atoms with Gasteiger partial charge in [-0.15, -0.1) is 0 Å². The van der Waals surface area contributed by atoms with Gasteiger partial charge in [0, 0.05) is 19.7 Å². The average Bonchev–Trinajstić information content (AvgIpc) is 2.65. The second-order valence-electron chi connectivity index (χ2n) is 12.9. The van der Waals surface area contributed by atoms with Gasteiger partial charge in [-0.3, -0.25) is 4.79 Å². The molecule has 1 fully saturated rings. The second kappa shape index (κ2) is 11.6. The smallest absolute Gasteiger partial charge is 0.410 e. The molecule has 0 spiro atoms. The van der Waals surface area contributed by atoms with Gasteiger partial charge < -0.3 is 19.2 Å². The monoisotopic (exact) mass is 485 g/mol. The summed E-state index contributed by atoms with van der Waals surface area (Å²) in [5.74, 6) is -0.412. The summed E-state index contributed by atoms with van der Waals surface area (Å²) in [4.78, 5) is 27.0. The first kappa shape index (κ1) is 29.9. The summed E-state index contributed by atoms with van der Waals surface area (Å²) in [6, 6.07) is 0. The van der Waals surface area contributed by atoms with Crippen molar-refractivity contribution in [2.24, 2.45) is 29.6 Å². The van der Waals surface area contributed by atoms with Crippen LogP contribution >= 0.6 is 0 Å². The Morgan fingerprint density at radius 2 is 1.64 bits per heavy atom. The summed E-state index contributed by atoms with van der Waals surface area (Å²) in [6.07, 6.45) is 1.92. The quantitative estimate of drug-likeness (QED) is 0.426. The first-order valence-corrected chi connectivity index (χ1v) is 15.6. The van der Waals surface area contributed by atoms with Crippen LogP contribution in [0.2, 0.25) is 18.1 Å². The number of rotatable bonds is 6. The van der Waals surface area contributed by atoms with E-state index >= 15 is 0 Å². The number of carbonyl (C=O) groups excluding carboxylic acids is 1. The molecule has 33 heavy (non-hydrogen) atoms. The van der Waals surface area contributed by atoms with Crippen LogP contribution in [0, 0.1) is 29.6 Å². The fraction of sp³-hybridized carbons (Fsp3) is 0.923. The molecule has 5 atom stereocenters. The van der Waals surface area contributed by atoms with Crippen molar-refractivity contribution in [2.45, 2.75) is 105 Å². The van der Waals surface area contributed by atoms with Gasteiger partial charge in [0.05, 0.1) is 5.92 Å². The molecular weight excluding hydrogens is 434 g/mol.